The van der Waals surface area contributed by atoms with Crippen molar-refractivity contribution in [1.29, 1.82) is 0 Å². The molecular weight excluding hydrogens is 364 g/mol. The molecule has 0 unspecified atom stereocenters. The second-order valence-electron chi connectivity index (χ2n) is 5.66. The van der Waals surface area contributed by atoms with Crippen LogP contribution < -0.4 is 10.6 Å². The van der Waals surface area contributed by atoms with E-state index in [4.69, 9.17) is 16.0 Å². The van der Waals surface area contributed by atoms with Gasteiger partial charge in [0.25, 0.3) is 5.22 Å². The van der Waals surface area contributed by atoms with Crippen LogP contribution in [0, 0.1) is 5.92 Å². The number of amides is 3. The van der Waals surface area contributed by atoms with E-state index in [1.807, 2.05) is 0 Å². The molecule has 0 saturated heterocycles. The highest BCUT2D eigenvalue weighted by atomic mass is 35.5. The molecule has 1 heterocycles. The molecule has 0 bridgehead atoms. The number of thioether (sulfide) groups is 1. The summed E-state index contributed by atoms with van der Waals surface area (Å²) in [6.45, 7) is 4.65. The van der Waals surface area contributed by atoms with E-state index < -0.39 is 11.9 Å². The Bertz CT molecular complexity index is 718. The molecule has 7 nitrogen and oxygen atoms in total. The van der Waals surface area contributed by atoms with E-state index in [2.05, 4.69) is 34.7 Å². The third-order valence-electron chi connectivity index (χ3n) is 3.08. The average molecular weight is 383 g/mol. The summed E-state index contributed by atoms with van der Waals surface area (Å²) in [6, 6.07) is 6.47. The average Bonchev–Trinajstić information content (AvgIpc) is 3.02. The Balaban J connectivity index is 1.76. The Morgan fingerprint density at radius 3 is 2.64 bits per heavy atom. The number of urea groups is 1. The van der Waals surface area contributed by atoms with Gasteiger partial charge in [-0.15, -0.1) is 10.2 Å². The van der Waals surface area contributed by atoms with Gasteiger partial charge in [0.2, 0.25) is 11.8 Å². The number of rotatable bonds is 7. The number of hydrogen-bond donors (Lipinski definition) is 2. The number of carbonyl (C=O) groups excluding carboxylic acids is 2. The molecule has 0 atom stereocenters. The quantitative estimate of drug-likeness (QED) is 0.712. The van der Waals surface area contributed by atoms with Crippen molar-refractivity contribution in [3.05, 3.63) is 29.3 Å². The molecule has 2 rings (SSSR count). The van der Waals surface area contributed by atoms with Gasteiger partial charge in [-0.05, 0) is 36.6 Å². The molecule has 0 aliphatic rings. The summed E-state index contributed by atoms with van der Waals surface area (Å²) >= 11 is 6.89. The van der Waals surface area contributed by atoms with Gasteiger partial charge in [-0.2, -0.15) is 0 Å². The molecule has 3 amide bonds. The van der Waals surface area contributed by atoms with Crippen molar-refractivity contribution in [1.82, 2.24) is 20.8 Å². The van der Waals surface area contributed by atoms with Gasteiger partial charge in [0.05, 0.1) is 5.75 Å². The zero-order chi connectivity index (χ0) is 18.2. The predicted molar refractivity (Wildman–Crippen MR) is 96.5 cm³/mol. The minimum Gasteiger partial charge on any atom is -0.411 e. The van der Waals surface area contributed by atoms with E-state index in [1.165, 1.54) is 0 Å². The van der Waals surface area contributed by atoms with E-state index in [0.717, 1.165) is 23.7 Å². The van der Waals surface area contributed by atoms with Crippen molar-refractivity contribution in [2.24, 2.45) is 5.92 Å². The van der Waals surface area contributed by atoms with Crippen molar-refractivity contribution in [3.63, 3.8) is 0 Å². The Morgan fingerprint density at radius 2 is 1.96 bits per heavy atom. The number of nitrogens with one attached hydrogen (secondary N) is 2. The maximum Gasteiger partial charge on any atom is 0.321 e. The Morgan fingerprint density at radius 1 is 1.24 bits per heavy atom. The summed E-state index contributed by atoms with van der Waals surface area (Å²) < 4.78 is 5.47. The van der Waals surface area contributed by atoms with Crippen molar-refractivity contribution < 1.29 is 14.0 Å². The fourth-order valence-electron chi connectivity index (χ4n) is 1.79. The van der Waals surface area contributed by atoms with Crippen molar-refractivity contribution in [2.45, 2.75) is 25.5 Å². The van der Waals surface area contributed by atoms with Crippen LogP contribution in [0.3, 0.4) is 0 Å². The number of nitrogens with zero attached hydrogens (tertiary/aromatic N) is 2. The molecule has 0 aliphatic carbocycles. The lowest BCUT2D eigenvalue weighted by Gasteiger charge is -2.07. The molecule has 0 aliphatic heterocycles. The summed E-state index contributed by atoms with van der Waals surface area (Å²) in [5.74, 6) is 0.392. The third kappa shape index (κ3) is 6.75. The molecule has 2 N–H and O–H groups in total. The summed E-state index contributed by atoms with van der Waals surface area (Å²) in [5.41, 5.74) is 0.734. The molecule has 0 fully saturated rings. The van der Waals surface area contributed by atoms with E-state index in [9.17, 15) is 9.59 Å². The van der Waals surface area contributed by atoms with Gasteiger partial charge in [-0.3, -0.25) is 10.1 Å². The molecule has 2 aromatic rings. The first-order valence-corrected chi connectivity index (χ1v) is 9.10. The van der Waals surface area contributed by atoms with Crippen LogP contribution in [-0.4, -0.2) is 34.4 Å². The van der Waals surface area contributed by atoms with Gasteiger partial charge >= 0.3 is 6.03 Å². The van der Waals surface area contributed by atoms with Crippen LogP contribution in [0.5, 0.6) is 0 Å². The number of imide groups is 1. The first kappa shape index (κ1) is 19.3. The third-order valence-corrected chi connectivity index (χ3v) is 4.16. The number of halogens is 1. The highest BCUT2D eigenvalue weighted by Crippen LogP contribution is 2.24. The number of aromatic nitrogens is 2. The maximum absolute atomic E-state index is 11.7. The highest BCUT2D eigenvalue weighted by molar-refractivity contribution is 7.99. The Labute approximate surface area is 154 Å². The molecule has 0 radical (unpaired) electrons. The summed E-state index contributed by atoms with van der Waals surface area (Å²) in [6.07, 6.45) is 0.853. The second kappa shape index (κ2) is 9.43. The Hall–Kier alpha value is -2.06. The fraction of sp³-hybridized carbons (Fsp3) is 0.375. The second-order valence-corrected chi connectivity index (χ2v) is 7.02. The first-order chi connectivity index (χ1) is 11.9. The van der Waals surface area contributed by atoms with Gasteiger partial charge in [0.1, 0.15) is 0 Å². The van der Waals surface area contributed by atoms with Gasteiger partial charge in [0.15, 0.2) is 0 Å². The molecule has 0 spiro atoms. The van der Waals surface area contributed by atoms with Gasteiger partial charge < -0.3 is 9.73 Å². The minimum absolute atomic E-state index is 0.000147. The van der Waals surface area contributed by atoms with Gasteiger partial charge in [-0.25, -0.2) is 4.79 Å². The molecule has 134 valence electrons. The van der Waals surface area contributed by atoms with Crippen LogP contribution in [0.25, 0.3) is 11.5 Å². The molecule has 9 heteroatoms. The summed E-state index contributed by atoms with van der Waals surface area (Å²) in [5, 5.41) is 13.5. The molecule has 1 aromatic heterocycles. The standard InChI is InChI=1S/C16H19ClN4O3S/c1-10(2)7-8-18-15(23)19-13(22)9-25-16-21-20-14(24-16)11-3-5-12(17)6-4-11/h3-6,10H,7-9H2,1-2H3,(H2,18,19,22,23). The molecule has 1 aromatic carbocycles. The van der Waals surface area contributed by atoms with Crippen molar-refractivity contribution >= 4 is 35.3 Å². The van der Waals surface area contributed by atoms with E-state index in [-0.39, 0.29) is 11.0 Å². The Kier molecular flexibility index (Phi) is 7.27. The fourth-order valence-corrected chi connectivity index (χ4v) is 2.47. The van der Waals surface area contributed by atoms with Crippen LogP contribution in [0.4, 0.5) is 4.79 Å². The predicted octanol–water partition coefficient (Wildman–Crippen LogP) is 3.35. The lowest BCUT2D eigenvalue weighted by Crippen LogP contribution is -2.40. The SMILES string of the molecule is CC(C)CCNC(=O)NC(=O)CSc1nnc(-c2ccc(Cl)cc2)o1. The van der Waals surface area contributed by atoms with Gasteiger partial charge in [0, 0.05) is 17.1 Å². The van der Waals surface area contributed by atoms with Crippen LogP contribution >= 0.6 is 23.4 Å². The smallest absolute Gasteiger partial charge is 0.321 e. The molecule has 25 heavy (non-hydrogen) atoms. The van der Waals surface area contributed by atoms with E-state index in [0.29, 0.717) is 23.4 Å². The topological polar surface area (TPSA) is 97.1 Å². The lowest BCUT2D eigenvalue weighted by atomic mass is 10.1. The van der Waals surface area contributed by atoms with Crippen LogP contribution in [-0.2, 0) is 4.79 Å². The highest BCUT2D eigenvalue weighted by Gasteiger charge is 2.13. The van der Waals surface area contributed by atoms with Crippen molar-refractivity contribution in [2.75, 3.05) is 12.3 Å². The molecular formula is C16H19ClN4O3S. The molecule has 0 saturated carbocycles. The lowest BCUT2D eigenvalue weighted by molar-refractivity contribution is -0.117. The minimum atomic E-state index is -0.501. The van der Waals surface area contributed by atoms with Gasteiger partial charge in [-0.1, -0.05) is 37.2 Å². The number of benzene rings is 1. The van der Waals surface area contributed by atoms with Crippen molar-refractivity contribution in [3.8, 4) is 11.5 Å². The van der Waals surface area contributed by atoms with E-state index in [1.54, 1.807) is 24.3 Å². The number of carbonyl (C=O) groups is 2. The largest absolute Gasteiger partial charge is 0.411 e. The monoisotopic (exact) mass is 382 g/mol. The number of hydrogen-bond acceptors (Lipinski definition) is 6. The van der Waals surface area contributed by atoms with Crippen LogP contribution in [0.2, 0.25) is 5.02 Å². The van der Waals surface area contributed by atoms with Crippen LogP contribution in [0.15, 0.2) is 33.9 Å². The maximum atomic E-state index is 11.7. The zero-order valence-corrected chi connectivity index (χ0v) is 15.5. The zero-order valence-electron chi connectivity index (χ0n) is 13.9. The summed E-state index contributed by atoms with van der Waals surface area (Å²) in [4.78, 5) is 23.3. The van der Waals surface area contributed by atoms with E-state index >= 15 is 0 Å². The summed E-state index contributed by atoms with van der Waals surface area (Å²) in [7, 11) is 0. The first-order valence-electron chi connectivity index (χ1n) is 7.74. The normalized spacial score (nSPS) is 10.7. The van der Waals surface area contributed by atoms with Crippen LogP contribution in [0.1, 0.15) is 20.3 Å².